The van der Waals surface area contributed by atoms with Crippen molar-refractivity contribution in [2.24, 2.45) is 17.8 Å². The molecule has 0 saturated carbocycles. The third-order valence-electron chi connectivity index (χ3n) is 3.13. The summed E-state index contributed by atoms with van der Waals surface area (Å²) in [6.45, 7) is 2.50. The maximum Gasteiger partial charge on any atom is 0.193 e. The molecule has 7 heteroatoms. The Morgan fingerprint density at radius 3 is 2.76 bits per heavy atom. The summed E-state index contributed by atoms with van der Waals surface area (Å²) in [5.41, 5.74) is 8.82. The molecule has 21 heavy (non-hydrogen) atoms. The molecule has 3 N–H and O–H groups in total. The fraction of sp³-hybridized carbons (Fsp3) is 0.286. The van der Waals surface area contributed by atoms with Crippen LogP contribution in [0.15, 0.2) is 35.5 Å². The van der Waals surface area contributed by atoms with Gasteiger partial charge in [-0.1, -0.05) is 12.1 Å². The number of hydrogen-bond donors (Lipinski definition) is 2. The van der Waals surface area contributed by atoms with Gasteiger partial charge in [-0.15, -0.1) is 24.0 Å². The van der Waals surface area contributed by atoms with Crippen molar-refractivity contribution in [2.75, 3.05) is 12.4 Å². The predicted molar refractivity (Wildman–Crippen MR) is 95.3 cm³/mol. The van der Waals surface area contributed by atoms with Gasteiger partial charge in [-0.2, -0.15) is 5.10 Å². The van der Waals surface area contributed by atoms with E-state index in [9.17, 15) is 0 Å². The molecule has 0 fully saturated rings. The molecule has 2 aromatic rings. The van der Waals surface area contributed by atoms with Crippen molar-refractivity contribution in [2.45, 2.75) is 13.5 Å². The number of nitrogens with zero attached hydrogens (tertiary/aromatic N) is 3. The Morgan fingerprint density at radius 1 is 1.43 bits per heavy atom. The molecule has 0 unspecified atom stereocenters. The van der Waals surface area contributed by atoms with Crippen LogP contribution in [0, 0.1) is 6.92 Å². The summed E-state index contributed by atoms with van der Waals surface area (Å²) in [5.74, 6) is 1.07. The van der Waals surface area contributed by atoms with E-state index in [1.807, 2.05) is 42.9 Å². The summed E-state index contributed by atoms with van der Waals surface area (Å²) in [7, 11) is 3.52. The Bertz CT molecular complexity index is 624. The van der Waals surface area contributed by atoms with Crippen LogP contribution in [-0.4, -0.2) is 22.8 Å². The van der Waals surface area contributed by atoms with Crippen LogP contribution < -0.4 is 15.8 Å². The van der Waals surface area contributed by atoms with Gasteiger partial charge in [-0.3, -0.25) is 4.68 Å². The Kier molecular flexibility index (Phi) is 6.47. The monoisotopic (exact) mass is 401 g/mol. The zero-order valence-corrected chi connectivity index (χ0v) is 14.7. The van der Waals surface area contributed by atoms with Gasteiger partial charge in [-0.25, -0.2) is 4.99 Å². The van der Waals surface area contributed by atoms with Crippen LogP contribution >= 0.6 is 24.0 Å². The lowest BCUT2D eigenvalue weighted by Crippen LogP contribution is -2.23. The summed E-state index contributed by atoms with van der Waals surface area (Å²) in [4.78, 5) is 4.31. The quantitative estimate of drug-likeness (QED) is 0.468. The molecule has 0 aliphatic carbocycles. The van der Waals surface area contributed by atoms with Crippen molar-refractivity contribution in [3.8, 4) is 5.75 Å². The number of aromatic nitrogens is 2. The Labute approximate surface area is 141 Å². The SMILES string of the molecule is COc1ccccc1NC(N)=NCc1cnn(C)c1C.I. The van der Waals surface area contributed by atoms with E-state index in [1.165, 1.54) is 0 Å². The van der Waals surface area contributed by atoms with E-state index in [-0.39, 0.29) is 24.0 Å². The van der Waals surface area contributed by atoms with E-state index in [0.717, 1.165) is 22.7 Å². The molecule has 0 aliphatic heterocycles. The normalized spacial score (nSPS) is 10.9. The summed E-state index contributed by atoms with van der Waals surface area (Å²) in [6.07, 6.45) is 1.80. The molecule has 2 rings (SSSR count). The highest BCUT2D eigenvalue weighted by atomic mass is 127. The third kappa shape index (κ3) is 4.35. The van der Waals surface area contributed by atoms with Crippen LogP contribution in [0.2, 0.25) is 0 Å². The van der Waals surface area contributed by atoms with E-state index in [0.29, 0.717) is 12.5 Å². The first-order chi connectivity index (χ1) is 9.61. The lowest BCUT2D eigenvalue weighted by atomic mass is 10.2. The average molecular weight is 401 g/mol. The Hall–Kier alpha value is -1.77. The number of methoxy groups -OCH3 is 1. The number of guanidine groups is 1. The van der Waals surface area contributed by atoms with Gasteiger partial charge in [0, 0.05) is 18.3 Å². The summed E-state index contributed by atoms with van der Waals surface area (Å²) < 4.78 is 7.06. The molecule has 0 aliphatic rings. The summed E-state index contributed by atoms with van der Waals surface area (Å²) in [6, 6.07) is 7.55. The molecule has 6 nitrogen and oxygen atoms in total. The number of nitrogens with two attached hydrogens (primary N) is 1. The fourth-order valence-electron chi connectivity index (χ4n) is 1.80. The molecule has 1 aromatic carbocycles. The number of aryl methyl sites for hydroxylation is 1. The van der Waals surface area contributed by atoms with E-state index < -0.39 is 0 Å². The third-order valence-corrected chi connectivity index (χ3v) is 3.13. The van der Waals surface area contributed by atoms with E-state index in [1.54, 1.807) is 13.3 Å². The van der Waals surface area contributed by atoms with Gasteiger partial charge in [0.1, 0.15) is 5.75 Å². The topological polar surface area (TPSA) is 77.5 Å². The second-order valence-electron chi connectivity index (χ2n) is 4.41. The molecule has 1 heterocycles. The first kappa shape index (κ1) is 17.3. The van der Waals surface area contributed by atoms with Gasteiger partial charge < -0.3 is 15.8 Å². The molecule has 0 spiro atoms. The number of hydrogen-bond acceptors (Lipinski definition) is 3. The molecule has 1 aromatic heterocycles. The minimum absolute atomic E-state index is 0. The number of benzene rings is 1. The van der Waals surface area contributed by atoms with Crippen LogP contribution in [0.25, 0.3) is 0 Å². The second kappa shape index (κ2) is 7.87. The lowest BCUT2D eigenvalue weighted by molar-refractivity contribution is 0.417. The zero-order chi connectivity index (χ0) is 14.5. The predicted octanol–water partition coefficient (Wildman–Crippen LogP) is 2.28. The maximum absolute atomic E-state index is 5.89. The van der Waals surface area contributed by atoms with E-state index >= 15 is 0 Å². The maximum atomic E-state index is 5.89. The molecule has 0 atom stereocenters. The minimum atomic E-state index is 0. The van der Waals surface area contributed by atoms with Crippen LogP contribution in [0.4, 0.5) is 5.69 Å². The van der Waals surface area contributed by atoms with Crippen molar-refractivity contribution in [1.82, 2.24) is 9.78 Å². The molecule has 114 valence electrons. The van der Waals surface area contributed by atoms with Crippen LogP contribution in [-0.2, 0) is 13.6 Å². The first-order valence-electron chi connectivity index (χ1n) is 6.29. The second-order valence-corrected chi connectivity index (χ2v) is 4.41. The van der Waals surface area contributed by atoms with Crippen molar-refractivity contribution in [3.05, 3.63) is 41.7 Å². The number of halogens is 1. The number of nitrogens with one attached hydrogen (secondary N) is 1. The largest absolute Gasteiger partial charge is 0.495 e. The fourth-order valence-corrected chi connectivity index (χ4v) is 1.80. The van der Waals surface area contributed by atoms with Crippen molar-refractivity contribution < 1.29 is 4.74 Å². The van der Waals surface area contributed by atoms with E-state index in [2.05, 4.69) is 15.4 Å². The van der Waals surface area contributed by atoms with Gasteiger partial charge in [0.15, 0.2) is 5.96 Å². The summed E-state index contributed by atoms with van der Waals surface area (Å²) >= 11 is 0. The van der Waals surface area contributed by atoms with Crippen molar-refractivity contribution >= 4 is 35.6 Å². The molecular formula is C14H20IN5O. The van der Waals surface area contributed by atoms with Crippen molar-refractivity contribution in [3.63, 3.8) is 0 Å². The molecule has 0 saturated heterocycles. The van der Waals surface area contributed by atoms with Gasteiger partial charge >= 0.3 is 0 Å². The minimum Gasteiger partial charge on any atom is -0.495 e. The number of ether oxygens (including phenoxy) is 1. The summed E-state index contributed by atoms with van der Waals surface area (Å²) in [5, 5.41) is 7.21. The van der Waals surface area contributed by atoms with Crippen molar-refractivity contribution in [1.29, 1.82) is 0 Å². The smallest absolute Gasteiger partial charge is 0.193 e. The Balaban J connectivity index is 0.00000220. The highest BCUT2D eigenvalue weighted by Crippen LogP contribution is 2.22. The first-order valence-corrected chi connectivity index (χ1v) is 6.29. The Morgan fingerprint density at radius 2 is 2.14 bits per heavy atom. The molecule has 0 bridgehead atoms. The number of rotatable bonds is 4. The number of para-hydroxylation sites is 2. The molecular weight excluding hydrogens is 381 g/mol. The van der Waals surface area contributed by atoms with Gasteiger partial charge in [0.05, 0.1) is 25.5 Å². The lowest BCUT2D eigenvalue weighted by Gasteiger charge is -2.10. The highest BCUT2D eigenvalue weighted by molar-refractivity contribution is 14.0. The van der Waals surface area contributed by atoms with Gasteiger partial charge in [0.2, 0.25) is 0 Å². The standard InChI is InChI=1S/C14H19N5O.HI/c1-10-11(9-17-19(10)2)8-16-14(15)18-12-6-4-5-7-13(12)20-3;/h4-7,9H,8H2,1-3H3,(H3,15,16,18);1H. The number of anilines is 1. The molecule has 0 radical (unpaired) electrons. The van der Waals surface area contributed by atoms with Crippen LogP contribution in [0.5, 0.6) is 5.75 Å². The van der Waals surface area contributed by atoms with Crippen LogP contribution in [0.1, 0.15) is 11.3 Å². The van der Waals surface area contributed by atoms with Crippen LogP contribution in [0.3, 0.4) is 0 Å². The zero-order valence-electron chi connectivity index (χ0n) is 12.3. The average Bonchev–Trinajstić information content (AvgIpc) is 2.77. The van der Waals surface area contributed by atoms with E-state index in [4.69, 9.17) is 10.5 Å². The van der Waals surface area contributed by atoms with Gasteiger partial charge in [-0.05, 0) is 19.1 Å². The number of aliphatic imine (C=N–C) groups is 1. The highest BCUT2D eigenvalue weighted by Gasteiger charge is 2.04. The molecule has 0 amide bonds. The van der Waals surface area contributed by atoms with Gasteiger partial charge in [0.25, 0.3) is 0 Å².